The van der Waals surface area contributed by atoms with E-state index in [9.17, 15) is 0 Å². The third-order valence-corrected chi connectivity index (χ3v) is 3.84. The Bertz CT molecular complexity index is 497. The maximum absolute atomic E-state index is 6.08. The van der Waals surface area contributed by atoms with E-state index in [1.54, 1.807) is 0 Å². The second kappa shape index (κ2) is 8.26. The molecule has 0 spiro atoms. The van der Waals surface area contributed by atoms with Crippen LogP contribution in [0.15, 0.2) is 24.4 Å². The molecule has 0 amide bonds. The van der Waals surface area contributed by atoms with Gasteiger partial charge < -0.3 is 10.1 Å². The topological polar surface area (TPSA) is 21.3 Å². The fraction of sp³-hybridized carbons (Fsp3) is 0.600. The van der Waals surface area contributed by atoms with E-state index in [-0.39, 0.29) is 5.41 Å². The highest BCUT2D eigenvalue weighted by atomic mass is 16.5. The Morgan fingerprint density at radius 2 is 1.91 bits per heavy atom. The van der Waals surface area contributed by atoms with E-state index in [1.807, 2.05) is 6.92 Å². The van der Waals surface area contributed by atoms with Crippen molar-refractivity contribution in [3.05, 3.63) is 41.1 Å². The predicted molar refractivity (Wildman–Crippen MR) is 96.8 cm³/mol. The number of benzene rings is 1. The van der Waals surface area contributed by atoms with Gasteiger partial charge in [0.25, 0.3) is 0 Å². The van der Waals surface area contributed by atoms with Gasteiger partial charge in [-0.2, -0.15) is 0 Å². The van der Waals surface area contributed by atoms with Gasteiger partial charge in [-0.15, -0.1) is 0 Å². The van der Waals surface area contributed by atoms with Crippen LogP contribution < -0.4 is 10.1 Å². The average molecular weight is 303 g/mol. The van der Waals surface area contributed by atoms with Crippen LogP contribution in [0.25, 0.3) is 0 Å². The number of aryl methyl sites for hydroxylation is 2. The highest BCUT2D eigenvalue weighted by Gasteiger charge is 2.17. The van der Waals surface area contributed by atoms with Crippen molar-refractivity contribution >= 4 is 0 Å². The molecule has 0 saturated carbocycles. The van der Waals surface area contributed by atoms with E-state index in [0.29, 0.717) is 0 Å². The quantitative estimate of drug-likeness (QED) is 0.672. The summed E-state index contributed by atoms with van der Waals surface area (Å²) < 4.78 is 6.08. The van der Waals surface area contributed by atoms with Gasteiger partial charge in [-0.25, -0.2) is 0 Å². The van der Waals surface area contributed by atoms with Gasteiger partial charge >= 0.3 is 0 Å². The first-order valence-electron chi connectivity index (χ1n) is 8.42. The van der Waals surface area contributed by atoms with Gasteiger partial charge in [0.15, 0.2) is 0 Å². The fourth-order valence-corrected chi connectivity index (χ4v) is 2.45. The second-order valence-electron chi connectivity index (χ2n) is 7.15. The Morgan fingerprint density at radius 1 is 1.23 bits per heavy atom. The molecule has 0 aromatic heterocycles. The summed E-state index contributed by atoms with van der Waals surface area (Å²) in [7, 11) is 0. The largest absolute Gasteiger partial charge is 0.493 e. The van der Waals surface area contributed by atoms with E-state index in [2.05, 4.69) is 58.6 Å². The molecule has 0 heterocycles. The van der Waals surface area contributed by atoms with E-state index in [4.69, 9.17) is 4.74 Å². The van der Waals surface area contributed by atoms with Crippen LogP contribution in [-0.2, 0) is 11.8 Å². The van der Waals surface area contributed by atoms with E-state index >= 15 is 0 Å². The smallest absolute Gasteiger partial charge is 0.125 e. The molecule has 0 unspecified atom stereocenters. The summed E-state index contributed by atoms with van der Waals surface area (Å²) in [5.74, 6) is 1.09. The molecule has 0 saturated heterocycles. The Labute approximate surface area is 137 Å². The molecule has 124 valence electrons. The van der Waals surface area contributed by atoms with Gasteiger partial charge in [0.2, 0.25) is 0 Å². The summed E-state index contributed by atoms with van der Waals surface area (Å²) in [6, 6.07) is 4.59. The molecule has 0 atom stereocenters. The van der Waals surface area contributed by atoms with Crippen molar-refractivity contribution in [3.63, 3.8) is 0 Å². The number of rotatable bonds is 8. The molecule has 0 radical (unpaired) electrons. The van der Waals surface area contributed by atoms with Crippen LogP contribution in [0.3, 0.4) is 0 Å². The van der Waals surface area contributed by atoms with Crippen molar-refractivity contribution in [1.29, 1.82) is 0 Å². The highest BCUT2D eigenvalue weighted by molar-refractivity contribution is 5.46. The Morgan fingerprint density at radius 3 is 2.45 bits per heavy atom. The molecular weight excluding hydrogens is 270 g/mol. The van der Waals surface area contributed by atoms with Gasteiger partial charge in [-0.05, 0) is 55.2 Å². The predicted octanol–water partition coefficient (Wildman–Crippen LogP) is 5.14. The molecule has 2 heteroatoms. The minimum atomic E-state index is 0.182. The minimum Gasteiger partial charge on any atom is -0.493 e. The number of hydrogen-bond acceptors (Lipinski definition) is 2. The first kappa shape index (κ1) is 18.6. The molecule has 0 bridgehead atoms. The van der Waals surface area contributed by atoms with Crippen LogP contribution in [0.2, 0.25) is 0 Å². The zero-order chi connectivity index (χ0) is 16.8. The van der Waals surface area contributed by atoms with Crippen molar-refractivity contribution in [1.82, 2.24) is 5.32 Å². The van der Waals surface area contributed by atoms with Gasteiger partial charge in [-0.3, -0.25) is 0 Å². The second-order valence-corrected chi connectivity index (χ2v) is 7.15. The summed E-state index contributed by atoms with van der Waals surface area (Å²) in [5, 5.41) is 3.25. The van der Waals surface area contributed by atoms with Gasteiger partial charge in [0.1, 0.15) is 5.75 Å². The van der Waals surface area contributed by atoms with Crippen molar-refractivity contribution in [3.8, 4) is 5.75 Å². The van der Waals surface area contributed by atoms with Crippen LogP contribution in [0.1, 0.15) is 64.2 Å². The standard InChI is InChI=1S/C20H33NO/c1-8-17-14-18(20(5,6)7)13-16(4)19(17)22-12-10-9-11-21-15(2)3/h13-14,21H,2,8-12H2,1,3-7H3. The van der Waals surface area contributed by atoms with Crippen molar-refractivity contribution in [2.24, 2.45) is 0 Å². The monoisotopic (exact) mass is 303 g/mol. The zero-order valence-corrected chi connectivity index (χ0v) is 15.3. The lowest BCUT2D eigenvalue weighted by Gasteiger charge is -2.23. The molecule has 22 heavy (non-hydrogen) atoms. The molecule has 0 fully saturated rings. The molecular formula is C20H33NO. The summed E-state index contributed by atoms with van der Waals surface area (Å²) >= 11 is 0. The average Bonchev–Trinajstić information content (AvgIpc) is 2.41. The van der Waals surface area contributed by atoms with E-state index in [1.165, 1.54) is 16.7 Å². The van der Waals surface area contributed by atoms with E-state index in [0.717, 1.165) is 43.9 Å². The summed E-state index contributed by atoms with van der Waals surface area (Å²) in [5.41, 5.74) is 5.18. The molecule has 1 rings (SSSR count). The highest BCUT2D eigenvalue weighted by Crippen LogP contribution is 2.31. The lowest BCUT2D eigenvalue weighted by Crippen LogP contribution is -2.14. The summed E-state index contributed by atoms with van der Waals surface area (Å²) in [4.78, 5) is 0. The van der Waals surface area contributed by atoms with Gasteiger partial charge in [0, 0.05) is 12.2 Å². The fourth-order valence-electron chi connectivity index (χ4n) is 2.45. The first-order chi connectivity index (χ1) is 10.3. The van der Waals surface area contributed by atoms with Crippen LogP contribution in [-0.4, -0.2) is 13.2 Å². The van der Waals surface area contributed by atoms with Crippen LogP contribution in [0, 0.1) is 6.92 Å². The molecule has 0 aliphatic carbocycles. The lowest BCUT2D eigenvalue weighted by atomic mass is 9.84. The molecule has 2 nitrogen and oxygen atoms in total. The summed E-state index contributed by atoms with van der Waals surface area (Å²) in [6.45, 7) is 18.7. The van der Waals surface area contributed by atoms with Crippen molar-refractivity contribution in [2.45, 2.75) is 66.2 Å². The van der Waals surface area contributed by atoms with Gasteiger partial charge in [0.05, 0.1) is 6.61 Å². The molecule has 1 aromatic rings. The van der Waals surface area contributed by atoms with Crippen molar-refractivity contribution < 1.29 is 4.74 Å². The lowest BCUT2D eigenvalue weighted by molar-refractivity contribution is 0.301. The molecule has 0 aliphatic heterocycles. The van der Waals surface area contributed by atoms with Gasteiger partial charge in [-0.1, -0.05) is 46.4 Å². The third kappa shape index (κ3) is 5.75. The van der Waals surface area contributed by atoms with Crippen LogP contribution >= 0.6 is 0 Å². The Hall–Kier alpha value is -1.44. The molecule has 0 aliphatic rings. The number of unbranched alkanes of at least 4 members (excludes halogenated alkanes) is 1. The number of hydrogen-bond donors (Lipinski definition) is 1. The van der Waals surface area contributed by atoms with Crippen molar-refractivity contribution in [2.75, 3.05) is 13.2 Å². The zero-order valence-electron chi connectivity index (χ0n) is 15.3. The normalized spacial score (nSPS) is 11.4. The summed E-state index contributed by atoms with van der Waals surface area (Å²) in [6.07, 6.45) is 3.18. The number of ether oxygens (including phenoxy) is 1. The van der Waals surface area contributed by atoms with E-state index < -0.39 is 0 Å². The minimum absolute atomic E-state index is 0.182. The maximum atomic E-state index is 6.08. The molecule has 1 aromatic carbocycles. The maximum Gasteiger partial charge on any atom is 0.125 e. The number of allylic oxidation sites excluding steroid dienone is 1. The SMILES string of the molecule is C=C(C)NCCCCOc1c(C)cc(C(C)(C)C)cc1CC. The Kier molecular flexibility index (Phi) is 6.99. The number of nitrogens with one attached hydrogen (secondary N) is 1. The van der Waals surface area contributed by atoms with Crippen LogP contribution in [0.4, 0.5) is 0 Å². The molecule has 1 N–H and O–H groups in total. The third-order valence-electron chi connectivity index (χ3n) is 3.84. The van der Waals surface area contributed by atoms with Crippen LogP contribution in [0.5, 0.6) is 5.75 Å². The Balaban J connectivity index is 2.65. The first-order valence-corrected chi connectivity index (χ1v) is 8.42.